The fraction of sp³-hybridized carbons (Fsp3) is 0.0526. The minimum atomic E-state index is -4.66. The Morgan fingerprint density at radius 1 is 1.13 bits per heavy atom. The summed E-state index contributed by atoms with van der Waals surface area (Å²) in [4.78, 5) is 17.6. The Bertz CT molecular complexity index is 1220. The average Bonchev–Trinajstić information content (AvgIpc) is 3.36. The molecule has 0 fully saturated rings. The molecule has 0 radical (unpaired) electrons. The van der Waals surface area contributed by atoms with E-state index in [2.05, 4.69) is 10.3 Å². The minimum Gasteiger partial charge on any atom is -0.397 e. The Kier molecular flexibility index (Phi) is 5.10. The van der Waals surface area contributed by atoms with Gasteiger partial charge in [0.15, 0.2) is 0 Å². The van der Waals surface area contributed by atoms with Gasteiger partial charge in [-0.2, -0.15) is 13.2 Å². The molecule has 0 bridgehead atoms. The quantitative estimate of drug-likeness (QED) is 0.300. The number of nitrogens with zero attached hydrogens (tertiary/aromatic N) is 1. The van der Waals surface area contributed by atoms with Crippen LogP contribution in [0.5, 0.6) is 0 Å². The summed E-state index contributed by atoms with van der Waals surface area (Å²) in [6, 6.07) is 10.4. The maximum absolute atomic E-state index is 13.7. The van der Waals surface area contributed by atoms with E-state index in [1.165, 1.54) is 35.6 Å². The number of nitrogens with one attached hydrogen (secondary N) is 2. The van der Waals surface area contributed by atoms with Crippen molar-refractivity contribution in [2.24, 2.45) is 0 Å². The molecule has 30 heavy (non-hydrogen) atoms. The van der Waals surface area contributed by atoms with E-state index in [0.717, 1.165) is 17.4 Å². The largest absolute Gasteiger partial charge is 0.417 e. The second kappa shape index (κ2) is 7.59. The number of rotatable bonds is 4. The lowest BCUT2D eigenvalue weighted by molar-refractivity contribution is -0.136. The zero-order valence-corrected chi connectivity index (χ0v) is 16.6. The molecule has 11 heteroatoms. The lowest BCUT2D eigenvalue weighted by atomic mass is 10.1. The van der Waals surface area contributed by atoms with Crippen molar-refractivity contribution in [3.8, 4) is 10.6 Å². The molecular formula is C19H13F3N4O2S2. The van der Waals surface area contributed by atoms with Crippen molar-refractivity contribution in [1.29, 1.82) is 0 Å². The molecule has 0 aliphatic heterocycles. The van der Waals surface area contributed by atoms with Gasteiger partial charge in [0.2, 0.25) is 0 Å². The summed E-state index contributed by atoms with van der Waals surface area (Å²) in [5, 5.41) is 12.9. The fourth-order valence-corrected chi connectivity index (χ4v) is 4.58. The summed E-state index contributed by atoms with van der Waals surface area (Å²) in [6.45, 7) is 0. The van der Waals surface area contributed by atoms with Gasteiger partial charge < -0.3 is 11.1 Å². The number of halogens is 3. The maximum atomic E-state index is 13.7. The molecule has 5 N–H and O–H groups in total. The van der Waals surface area contributed by atoms with Gasteiger partial charge in [-0.15, -0.1) is 22.7 Å². The third kappa shape index (κ3) is 3.70. The number of alkyl halides is 3. The van der Waals surface area contributed by atoms with Gasteiger partial charge in [0.05, 0.1) is 27.5 Å². The molecule has 0 aliphatic rings. The number of aromatic nitrogens is 1. The molecule has 0 saturated carbocycles. The molecule has 0 spiro atoms. The topological polar surface area (TPSA) is 100 Å². The lowest BCUT2D eigenvalue weighted by Crippen LogP contribution is -2.12. The molecule has 0 aliphatic carbocycles. The van der Waals surface area contributed by atoms with Crippen LogP contribution in [0.3, 0.4) is 0 Å². The zero-order valence-electron chi connectivity index (χ0n) is 14.9. The van der Waals surface area contributed by atoms with E-state index in [0.29, 0.717) is 16.3 Å². The van der Waals surface area contributed by atoms with Gasteiger partial charge in [-0.1, -0.05) is 6.07 Å². The third-order valence-corrected chi connectivity index (χ3v) is 6.25. The molecular weight excluding hydrogens is 437 g/mol. The highest BCUT2D eigenvalue weighted by atomic mass is 32.1. The van der Waals surface area contributed by atoms with E-state index in [1.54, 1.807) is 17.5 Å². The molecule has 0 saturated heterocycles. The van der Waals surface area contributed by atoms with E-state index in [4.69, 9.17) is 10.9 Å². The first-order valence-electron chi connectivity index (χ1n) is 8.43. The highest BCUT2D eigenvalue weighted by molar-refractivity contribution is 7.21. The van der Waals surface area contributed by atoms with Crippen molar-refractivity contribution < 1.29 is 23.2 Å². The molecule has 4 aromatic rings. The number of nitrogens with two attached hydrogens (primary N) is 1. The van der Waals surface area contributed by atoms with E-state index < -0.39 is 17.6 Å². The van der Waals surface area contributed by atoms with Gasteiger partial charge in [-0.3, -0.25) is 15.5 Å². The normalized spacial score (nSPS) is 11.6. The Labute approximate surface area is 175 Å². The van der Waals surface area contributed by atoms with Crippen LogP contribution < -0.4 is 16.5 Å². The van der Waals surface area contributed by atoms with Crippen LogP contribution in [0.15, 0.2) is 47.8 Å². The molecule has 0 atom stereocenters. The van der Waals surface area contributed by atoms with Crippen LogP contribution in [-0.4, -0.2) is 16.1 Å². The number of carbonyl (C=O) groups is 1. The first-order chi connectivity index (χ1) is 14.3. The number of hydrogen-bond donors (Lipinski definition) is 4. The van der Waals surface area contributed by atoms with Crippen molar-refractivity contribution in [2.45, 2.75) is 6.18 Å². The summed E-state index contributed by atoms with van der Waals surface area (Å²) >= 11 is 2.07. The smallest absolute Gasteiger partial charge is 0.397 e. The van der Waals surface area contributed by atoms with Crippen LogP contribution in [0, 0.1) is 0 Å². The van der Waals surface area contributed by atoms with Crippen molar-refractivity contribution in [2.75, 3.05) is 16.5 Å². The predicted molar refractivity (Wildman–Crippen MR) is 112 cm³/mol. The van der Waals surface area contributed by atoms with Crippen molar-refractivity contribution in [3.05, 3.63) is 58.3 Å². The van der Waals surface area contributed by atoms with E-state index in [9.17, 15) is 18.0 Å². The molecule has 154 valence electrons. The molecule has 4 rings (SSSR count). The number of benzene rings is 1. The zero-order chi connectivity index (χ0) is 21.5. The summed E-state index contributed by atoms with van der Waals surface area (Å²) in [5.41, 5.74) is 7.71. The van der Waals surface area contributed by atoms with Crippen molar-refractivity contribution in [1.82, 2.24) is 4.98 Å². The summed E-state index contributed by atoms with van der Waals surface area (Å²) in [6.07, 6.45) is -4.66. The van der Waals surface area contributed by atoms with Crippen LogP contribution in [0.4, 0.5) is 30.2 Å². The van der Waals surface area contributed by atoms with Gasteiger partial charge in [0.1, 0.15) is 9.71 Å². The molecule has 3 aromatic heterocycles. The lowest BCUT2D eigenvalue weighted by Gasteiger charge is -2.10. The maximum Gasteiger partial charge on any atom is 0.417 e. The third-order valence-electron chi connectivity index (χ3n) is 4.26. The second-order valence-corrected chi connectivity index (χ2v) is 8.15. The van der Waals surface area contributed by atoms with E-state index in [1.807, 2.05) is 5.48 Å². The fourth-order valence-electron chi connectivity index (χ4n) is 2.88. The Morgan fingerprint density at radius 3 is 2.43 bits per heavy atom. The number of carbonyl (C=O) groups excluding carboxylic acids is 1. The number of amides is 1. The highest BCUT2D eigenvalue weighted by Crippen LogP contribution is 2.44. The van der Waals surface area contributed by atoms with Crippen LogP contribution in [0.2, 0.25) is 0 Å². The number of fused-ring (bicyclic) bond motifs is 1. The van der Waals surface area contributed by atoms with E-state index in [-0.39, 0.29) is 26.5 Å². The molecule has 1 aromatic carbocycles. The van der Waals surface area contributed by atoms with Crippen LogP contribution in [-0.2, 0) is 6.18 Å². The van der Waals surface area contributed by atoms with Gasteiger partial charge in [-0.05, 0) is 41.8 Å². The summed E-state index contributed by atoms with van der Waals surface area (Å²) < 4.78 is 41.2. The van der Waals surface area contributed by atoms with E-state index >= 15 is 0 Å². The number of pyridine rings is 1. The van der Waals surface area contributed by atoms with Crippen LogP contribution in [0.1, 0.15) is 15.2 Å². The first kappa shape index (κ1) is 20.1. The molecule has 1 amide bonds. The van der Waals surface area contributed by atoms with Gasteiger partial charge in [0.25, 0.3) is 5.91 Å². The number of anilines is 3. The predicted octanol–water partition coefficient (Wildman–Crippen LogP) is 5.68. The van der Waals surface area contributed by atoms with Crippen molar-refractivity contribution >= 4 is 55.9 Å². The average molecular weight is 450 g/mol. The summed E-state index contributed by atoms with van der Waals surface area (Å²) in [5.74, 6) is -0.647. The number of hydrogen-bond acceptors (Lipinski definition) is 7. The standard InChI is InChI=1S/C19H13F3N4O2S2/c20-19(21,22)11-8-12(13-2-1-7-29-13)25-18-14(11)15(23)16(30-18)17(27)24-9-3-5-10(26-28)6-4-9/h1-8,26,28H,23H2,(H,24,27). The van der Waals surface area contributed by atoms with Crippen molar-refractivity contribution in [3.63, 3.8) is 0 Å². The molecule has 6 nitrogen and oxygen atoms in total. The monoisotopic (exact) mass is 450 g/mol. The highest BCUT2D eigenvalue weighted by Gasteiger charge is 2.36. The second-order valence-electron chi connectivity index (χ2n) is 6.20. The van der Waals surface area contributed by atoms with Crippen LogP contribution in [0.25, 0.3) is 20.8 Å². The van der Waals surface area contributed by atoms with Gasteiger partial charge >= 0.3 is 6.18 Å². The molecule has 0 unspecified atom stereocenters. The Balaban J connectivity index is 1.79. The summed E-state index contributed by atoms with van der Waals surface area (Å²) in [7, 11) is 0. The number of nitrogen functional groups attached to an aromatic ring is 1. The van der Waals surface area contributed by atoms with Gasteiger partial charge in [0, 0.05) is 11.1 Å². The SMILES string of the molecule is Nc1c(C(=O)Nc2ccc(NO)cc2)sc2nc(-c3cccs3)cc(C(F)(F)F)c12. The Hall–Kier alpha value is -3.15. The first-order valence-corrected chi connectivity index (χ1v) is 10.1. The Morgan fingerprint density at radius 2 is 1.83 bits per heavy atom. The number of thiophene rings is 2. The molecule has 3 heterocycles. The van der Waals surface area contributed by atoms with Gasteiger partial charge in [-0.25, -0.2) is 4.98 Å². The van der Waals surface area contributed by atoms with Crippen LogP contribution >= 0.6 is 22.7 Å². The minimum absolute atomic E-state index is 0.0377.